The van der Waals surface area contributed by atoms with Crippen molar-refractivity contribution in [1.29, 1.82) is 0 Å². The number of hydrogen-bond donors (Lipinski definition) is 1. The van der Waals surface area contributed by atoms with Crippen molar-refractivity contribution in [2.45, 2.75) is 12.8 Å². The van der Waals surface area contributed by atoms with Crippen molar-refractivity contribution in [2.24, 2.45) is 0 Å². The minimum atomic E-state index is -0.197. The maximum atomic E-state index is 12.9. The van der Waals surface area contributed by atoms with Crippen molar-refractivity contribution in [3.8, 4) is 5.75 Å². The normalized spacial score (nSPS) is 12.4. The molecule has 0 radical (unpaired) electrons. The molecule has 0 saturated heterocycles. The van der Waals surface area contributed by atoms with Gasteiger partial charge in [-0.05, 0) is 63.5 Å². The van der Waals surface area contributed by atoms with Crippen LogP contribution in [0.2, 0.25) is 0 Å². The third kappa shape index (κ3) is 2.85. The van der Waals surface area contributed by atoms with E-state index in [-0.39, 0.29) is 5.91 Å². The molecule has 1 aliphatic carbocycles. The molecule has 0 spiro atoms. The molecule has 4 rings (SSSR count). The van der Waals surface area contributed by atoms with Crippen molar-refractivity contribution < 1.29 is 9.53 Å². The molecule has 1 N–H and O–H groups in total. The van der Waals surface area contributed by atoms with E-state index in [0.717, 1.165) is 32.9 Å². The molecule has 0 bridgehead atoms. The quantitative estimate of drug-likeness (QED) is 0.542. The highest BCUT2D eigenvalue weighted by Gasteiger charge is 2.20. The molecule has 1 amide bonds. The Balaban J connectivity index is 1.77. The van der Waals surface area contributed by atoms with Gasteiger partial charge in [-0.15, -0.1) is 0 Å². The van der Waals surface area contributed by atoms with Gasteiger partial charge in [0.25, 0.3) is 5.91 Å². The standard InChI is InChI=1S/C20H15Br2NO2/c1-25-19-15(9-13(21)10-16(19)22)20(24)23-17-8-7-12-6-5-11-3-2-4-14(17)18(11)12/h2-4,7-10H,5-6H2,1H3,(H,23,24). The Labute approximate surface area is 162 Å². The molecule has 126 valence electrons. The number of anilines is 1. The van der Waals surface area contributed by atoms with Crippen molar-refractivity contribution in [3.05, 3.63) is 68.1 Å². The number of nitrogens with one attached hydrogen (secondary N) is 1. The number of benzene rings is 3. The van der Waals surface area contributed by atoms with Gasteiger partial charge in [0.1, 0.15) is 5.75 Å². The van der Waals surface area contributed by atoms with E-state index in [1.165, 1.54) is 16.5 Å². The second-order valence-electron chi connectivity index (χ2n) is 6.03. The lowest BCUT2D eigenvalue weighted by atomic mass is 10.0. The Bertz CT molecular complexity index is 1000. The minimum Gasteiger partial charge on any atom is -0.495 e. The lowest BCUT2D eigenvalue weighted by Crippen LogP contribution is -2.14. The first kappa shape index (κ1) is 16.6. The summed E-state index contributed by atoms with van der Waals surface area (Å²) in [6.07, 6.45) is 2.13. The monoisotopic (exact) mass is 459 g/mol. The molecule has 0 aromatic heterocycles. The van der Waals surface area contributed by atoms with Crippen LogP contribution in [0.5, 0.6) is 5.75 Å². The van der Waals surface area contributed by atoms with E-state index in [1.807, 2.05) is 12.1 Å². The summed E-state index contributed by atoms with van der Waals surface area (Å²) >= 11 is 6.88. The van der Waals surface area contributed by atoms with Gasteiger partial charge in [-0.1, -0.05) is 40.2 Å². The van der Waals surface area contributed by atoms with Crippen LogP contribution in [-0.2, 0) is 12.8 Å². The van der Waals surface area contributed by atoms with Crippen molar-refractivity contribution in [3.63, 3.8) is 0 Å². The summed E-state index contributed by atoms with van der Waals surface area (Å²) in [5.41, 5.74) is 4.01. The summed E-state index contributed by atoms with van der Waals surface area (Å²) in [6, 6.07) is 14.0. The first-order valence-corrected chi connectivity index (χ1v) is 9.55. The fraction of sp³-hybridized carbons (Fsp3) is 0.150. The number of hydrogen-bond acceptors (Lipinski definition) is 2. The van der Waals surface area contributed by atoms with Crippen LogP contribution >= 0.6 is 31.9 Å². The molecule has 0 heterocycles. The summed E-state index contributed by atoms with van der Waals surface area (Å²) < 4.78 is 6.94. The molecule has 0 unspecified atom stereocenters. The molecule has 3 nitrogen and oxygen atoms in total. The number of rotatable bonds is 3. The summed E-state index contributed by atoms with van der Waals surface area (Å²) in [5.74, 6) is 0.323. The number of carbonyl (C=O) groups excluding carboxylic acids is 1. The number of aryl methyl sites for hydroxylation is 2. The van der Waals surface area contributed by atoms with Crippen LogP contribution in [0, 0.1) is 0 Å². The Morgan fingerprint density at radius 1 is 1.08 bits per heavy atom. The Kier molecular flexibility index (Phi) is 4.29. The molecular weight excluding hydrogens is 446 g/mol. The summed E-state index contributed by atoms with van der Waals surface area (Å²) in [4.78, 5) is 12.9. The van der Waals surface area contributed by atoms with E-state index >= 15 is 0 Å². The van der Waals surface area contributed by atoms with Crippen molar-refractivity contribution in [1.82, 2.24) is 0 Å². The second-order valence-corrected chi connectivity index (χ2v) is 7.80. The van der Waals surface area contributed by atoms with E-state index < -0.39 is 0 Å². The number of ether oxygens (including phenoxy) is 1. The summed E-state index contributed by atoms with van der Waals surface area (Å²) in [7, 11) is 1.56. The average Bonchev–Trinajstić information content (AvgIpc) is 3.01. The van der Waals surface area contributed by atoms with Crippen molar-refractivity contribution >= 4 is 54.2 Å². The first-order valence-electron chi connectivity index (χ1n) is 7.96. The van der Waals surface area contributed by atoms with Gasteiger partial charge in [-0.2, -0.15) is 0 Å². The summed E-state index contributed by atoms with van der Waals surface area (Å²) in [6.45, 7) is 0. The third-order valence-electron chi connectivity index (χ3n) is 4.58. The van der Waals surface area contributed by atoms with Crippen LogP contribution in [0.4, 0.5) is 5.69 Å². The number of halogens is 2. The number of methoxy groups -OCH3 is 1. The molecule has 3 aromatic rings. The first-order chi connectivity index (χ1) is 12.1. The molecule has 5 heteroatoms. The van der Waals surface area contributed by atoms with Gasteiger partial charge in [-0.25, -0.2) is 0 Å². The lowest BCUT2D eigenvalue weighted by Gasteiger charge is -2.14. The second kappa shape index (κ2) is 6.46. The third-order valence-corrected chi connectivity index (χ3v) is 5.63. The molecule has 1 aliphatic rings. The van der Waals surface area contributed by atoms with Gasteiger partial charge in [0.15, 0.2) is 0 Å². The van der Waals surface area contributed by atoms with Crippen LogP contribution in [-0.4, -0.2) is 13.0 Å². The zero-order valence-electron chi connectivity index (χ0n) is 13.5. The fourth-order valence-corrected chi connectivity index (χ4v) is 4.87. The predicted octanol–water partition coefficient (Wildman–Crippen LogP) is 5.72. The van der Waals surface area contributed by atoms with Crippen LogP contribution < -0.4 is 10.1 Å². The Morgan fingerprint density at radius 3 is 2.60 bits per heavy atom. The predicted molar refractivity (Wildman–Crippen MR) is 108 cm³/mol. The molecule has 3 aromatic carbocycles. The summed E-state index contributed by atoms with van der Waals surface area (Å²) in [5, 5.41) is 5.42. The minimum absolute atomic E-state index is 0.197. The van der Waals surface area contributed by atoms with E-state index in [1.54, 1.807) is 13.2 Å². The van der Waals surface area contributed by atoms with Gasteiger partial charge < -0.3 is 10.1 Å². The highest BCUT2D eigenvalue weighted by Crippen LogP contribution is 2.36. The fourth-order valence-electron chi connectivity index (χ4n) is 3.48. The van der Waals surface area contributed by atoms with Gasteiger partial charge in [0.05, 0.1) is 17.1 Å². The van der Waals surface area contributed by atoms with Crippen molar-refractivity contribution in [2.75, 3.05) is 12.4 Å². The van der Waals surface area contributed by atoms with Crippen LogP contribution in [0.3, 0.4) is 0 Å². The molecule has 0 saturated carbocycles. The highest BCUT2D eigenvalue weighted by atomic mass is 79.9. The molecule has 0 atom stereocenters. The maximum absolute atomic E-state index is 12.9. The van der Waals surface area contributed by atoms with Crippen LogP contribution in [0.25, 0.3) is 10.8 Å². The highest BCUT2D eigenvalue weighted by molar-refractivity contribution is 9.11. The Hall–Kier alpha value is -1.85. The average molecular weight is 461 g/mol. The molecule has 0 aliphatic heterocycles. The van der Waals surface area contributed by atoms with E-state index in [0.29, 0.717) is 11.3 Å². The van der Waals surface area contributed by atoms with Crippen LogP contribution in [0.1, 0.15) is 21.5 Å². The van der Waals surface area contributed by atoms with E-state index in [9.17, 15) is 4.79 Å². The van der Waals surface area contributed by atoms with Gasteiger partial charge >= 0.3 is 0 Å². The topological polar surface area (TPSA) is 38.3 Å². The zero-order valence-corrected chi connectivity index (χ0v) is 16.7. The molecule has 25 heavy (non-hydrogen) atoms. The number of carbonyl (C=O) groups is 1. The maximum Gasteiger partial charge on any atom is 0.259 e. The zero-order chi connectivity index (χ0) is 17.6. The molecule has 0 fully saturated rings. The van der Waals surface area contributed by atoms with E-state index in [4.69, 9.17) is 4.74 Å². The Morgan fingerprint density at radius 2 is 1.84 bits per heavy atom. The van der Waals surface area contributed by atoms with Crippen LogP contribution in [0.15, 0.2) is 51.4 Å². The van der Waals surface area contributed by atoms with E-state index in [2.05, 4.69) is 61.4 Å². The van der Waals surface area contributed by atoms with Gasteiger partial charge in [-0.3, -0.25) is 4.79 Å². The lowest BCUT2D eigenvalue weighted by molar-refractivity contribution is 0.102. The number of amides is 1. The molecular formula is C20H15Br2NO2. The largest absolute Gasteiger partial charge is 0.495 e. The smallest absolute Gasteiger partial charge is 0.259 e. The van der Waals surface area contributed by atoms with Gasteiger partial charge in [0.2, 0.25) is 0 Å². The SMILES string of the molecule is COc1c(Br)cc(Br)cc1C(=O)Nc1ccc2c3c(cccc13)CC2. The van der Waals surface area contributed by atoms with Gasteiger partial charge in [0, 0.05) is 15.5 Å².